The fraction of sp³-hybridized carbons (Fsp3) is 0.435. The summed E-state index contributed by atoms with van der Waals surface area (Å²) in [5.41, 5.74) is -0.161. The lowest BCUT2D eigenvalue weighted by molar-refractivity contribution is -0.137. The molecule has 0 aromatic heterocycles. The van der Waals surface area contributed by atoms with Crippen molar-refractivity contribution in [2.75, 3.05) is 6.61 Å². The van der Waals surface area contributed by atoms with Gasteiger partial charge in [0, 0.05) is 12.0 Å². The number of benzene rings is 2. The van der Waals surface area contributed by atoms with Crippen LogP contribution in [0.2, 0.25) is 0 Å². The molecule has 1 N–H and O–H groups in total. The molecule has 2 aromatic carbocycles. The van der Waals surface area contributed by atoms with Gasteiger partial charge >= 0.3 is 6.18 Å². The molecule has 30 heavy (non-hydrogen) atoms. The summed E-state index contributed by atoms with van der Waals surface area (Å²) in [4.78, 5) is 12.5. The van der Waals surface area contributed by atoms with Crippen molar-refractivity contribution in [2.24, 2.45) is 0 Å². The third-order valence-corrected chi connectivity index (χ3v) is 5.83. The fourth-order valence-corrected chi connectivity index (χ4v) is 4.40. The molecule has 1 spiro atoms. The number of amides is 1. The fourth-order valence-electron chi connectivity index (χ4n) is 4.40. The highest BCUT2D eigenvalue weighted by Gasteiger charge is 2.42. The Morgan fingerprint density at radius 1 is 1.10 bits per heavy atom. The SMILES string of the molecule is O=C(COc1cccc(C(F)(F)F)c1)N[C@@H]1CC2(CCCCC2)Oc2ccccc21. The van der Waals surface area contributed by atoms with E-state index in [1.807, 2.05) is 24.3 Å². The Morgan fingerprint density at radius 2 is 1.87 bits per heavy atom. The molecule has 1 saturated carbocycles. The van der Waals surface area contributed by atoms with E-state index >= 15 is 0 Å². The normalized spacial score (nSPS) is 20.2. The van der Waals surface area contributed by atoms with Gasteiger partial charge in [0.1, 0.15) is 17.1 Å². The Balaban J connectivity index is 1.43. The highest BCUT2D eigenvalue weighted by molar-refractivity contribution is 5.78. The number of alkyl halides is 3. The summed E-state index contributed by atoms with van der Waals surface area (Å²) in [5.74, 6) is 0.422. The smallest absolute Gasteiger partial charge is 0.416 e. The molecule has 0 bridgehead atoms. The van der Waals surface area contributed by atoms with Crippen molar-refractivity contribution in [1.82, 2.24) is 5.32 Å². The van der Waals surface area contributed by atoms with Crippen molar-refractivity contribution in [1.29, 1.82) is 0 Å². The molecule has 1 heterocycles. The van der Waals surface area contributed by atoms with Crippen LogP contribution in [0.4, 0.5) is 13.2 Å². The van der Waals surface area contributed by atoms with Gasteiger partial charge in [-0.1, -0.05) is 30.7 Å². The minimum atomic E-state index is -4.46. The van der Waals surface area contributed by atoms with Crippen LogP contribution in [0.3, 0.4) is 0 Å². The predicted octanol–water partition coefficient (Wildman–Crippen LogP) is 5.43. The van der Waals surface area contributed by atoms with E-state index in [1.54, 1.807) is 0 Å². The third kappa shape index (κ3) is 4.55. The number of para-hydroxylation sites is 1. The summed E-state index contributed by atoms with van der Waals surface area (Å²) >= 11 is 0. The number of carbonyl (C=O) groups is 1. The predicted molar refractivity (Wildman–Crippen MR) is 105 cm³/mol. The van der Waals surface area contributed by atoms with E-state index in [0.717, 1.165) is 49.1 Å². The van der Waals surface area contributed by atoms with Crippen molar-refractivity contribution in [3.63, 3.8) is 0 Å². The summed E-state index contributed by atoms with van der Waals surface area (Å²) < 4.78 is 50.2. The maximum atomic E-state index is 12.8. The lowest BCUT2D eigenvalue weighted by Crippen LogP contribution is -2.47. The molecule has 7 heteroatoms. The largest absolute Gasteiger partial charge is 0.487 e. The Hall–Kier alpha value is -2.70. The first kappa shape index (κ1) is 20.6. The van der Waals surface area contributed by atoms with Gasteiger partial charge in [-0.2, -0.15) is 13.2 Å². The molecule has 1 aliphatic heterocycles. The number of ether oxygens (including phenoxy) is 2. The maximum Gasteiger partial charge on any atom is 0.416 e. The number of rotatable bonds is 4. The Bertz CT molecular complexity index is 907. The number of hydrogen-bond donors (Lipinski definition) is 1. The van der Waals surface area contributed by atoms with Crippen LogP contribution in [-0.2, 0) is 11.0 Å². The van der Waals surface area contributed by atoms with Crippen LogP contribution >= 0.6 is 0 Å². The maximum absolute atomic E-state index is 12.8. The molecule has 1 aliphatic carbocycles. The van der Waals surface area contributed by atoms with Gasteiger partial charge in [-0.15, -0.1) is 0 Å². The average Bonchev–Trinajstić information content (AvgIpc) is 2.72. The van der Waals surface area contributed by atoms with Crippen LogP contribution in [0.5, 0.6) is 11.5 Å². The van der Waals surface area contributed by atoms with Crippen molar-refractivity contribution in [3.8, 4) is 11.5 Å². The first-order valence-corrected chi connectivity index (χ1v) is 10.2. The van der Waals surface area contributed by atoms with Crippen LogP contribution in [0.15, 0.2) is 48.5 Å². The second kappa shape index (κ2) is 8.20. The summed E-state index contributed by atoms with van der Waals surface area (Å²) in [6.07, 6.45) is 1.52. The summed E-state index contributed by atoms with van der Waals surface area (Å²) in [7, 11) is 0. The van der Waals surface area contributed by atoms with E-state index in [1.165, 1.54) is 18.6 Å². The quantitative estimate of drug-likeness (QED) is 0.719. The zero-order chi connectivity index (χ0) is 21.2. The number of carbonyl (C=O) groups excluding carboxylic acids is 1. The molecule has 2 aromatic rings. The van der Waals surface area contributed by atoms with E-state index in [0.29, 0.717) is 6.42 Å². The second-order valence-electron chi connectivity index (χ2n) is 8.02. The van der Waals surface area contributed by atoms with Gasteiger partial charge in [-0.3, -0.25) is 4.79 Å². The third-order valence-electron chi connectivity index (χ3n) is 5.83. The lowest BCUT2D eigenvalue weighted by Gasteiger charge is -2.44. The molecule has 2 aliphatic rings. The van der Waals surface area contributed by atoms with Crippen LogP contribution in [0, 0.1) is 0 Å². The van der Waals surface area contributed by atoms with Crippen molar-refractivity contribution in [2.45, 2.75) is 56.3 Å². The first-order chi connectivity index (χ1) is 14.3. The molecule has 4 nitrogen and oxygen atoms in total. The van der Waals surface area contributed by atoms with Crippen LogP contribution in [0.25, 0.3) is 0 Å². The molecular weight excluding hydrogens is 395 g/mol. The van der Waals surface area contributed by atoms with Crippen LogP contribution in [-0.4, -0.2) is 18.1 Å². The molecule has 1 amide bonds. The summed E-state index contributed by atoms with van der Waals surface area (Å²) in [6, 6.07) is 12.0. The van der Waals surface area contributed by atoms with Gasteiger partial charge in [0.05, 0.1) is 11.6 Å². The van der Waals surface area contributed by atoms with E-state index < -0.39 is 11.7 Å². The number of fused-ring (bicyclic) bond motifs is 1. The van der Waals surface area contributed by atoms with Crippen molar-refractivity contribution < 1.29 is 27.4 Å². The van der Waals surface area contributed by atoms with Gasteiger partial charge in [0.15, 0.2) is 6.61 Å². The number of hydrogen-bond acceptors (Lipinski definition) is 3. The summed E-state index contributed by atoms with van der Waals surface area (Å²) in [6.45, 7) is -0.353. The molecule has 0 saturated heterocycles. The van der Waals surface area contributed by atoms with Gasteiger partial charge in [-0.25, -0.2) is 0 Å². The first-order valence-electron chi connectivity index (χ1n) is 10.2. The van der Waals surface area contributed by atoms with Gasteiger partial charge in [0.25, 0.3) is 5.91 Å². The van der Waals surface area contributed by atoms with Crippen molar-refractivity contribution >= 4 is 5.91 Å². The van der Waals surface area contributed by atoms with Gasteiger partial charge in [0.2, 0.25) is 0 Å². The number of nitrogens with one attached hydrogen (secondary N) is 1. The monoisotopic (exact) mass is 419 g/mol. The van der Waals surface area contributed by atoms with Crippen LogP contribution in [0.1, 0.15) is 55.7 Å². The molecule has 4 rings (SSSR count). The number of halogens is 3. The van der Waals surface area contributed by atoms with Crippen LogP contribution < -0.4 is 14.8 Å². The molecular formula is C23H24F3NO3. The minimum absolute atomic E-state index is 0.0103. The highest BCUT2D eigenvalue weighted by Crippen LogP contribution is 2.46. The highest BCUT2D eigenvalue weighted by atomic mass is 19.4. The molecule has 0 unspecified atom stereocenters. The zero-order valence-electron chi connectivity index (χ0n) is 16.5. The molecule has 160 valence electrons. The Labute approximate surface area is 173 Å². The van der Waals surface area contributed by atoms with Gasteiger partial charge < -0.3 is 14.8 Å². The average molecular weight is 419 g/mol. The Kier molecular flexibility index (Phi) is 5.62. The molecule has 1 fully saturated rings. The molecule has 1 atom stereocenters. The summed E-state index contributed by atoms with van der Waals surface area (Å²) in [5, 5.41) is 3.00. The van der Waals surface area contributed by atoms with E-state index in [9.17, 15) is 18.0 Å². The molecule has 0 radical (unpaired) electrons. The second-order valence-corrected chi connectivity index (χ2v) is 8.02. The Morgan fingerprint density at radius 3 is 2.63 bits per heavy atom. The van der Waals surface area contributed by atoms with E-state index in [-0.39, 0.29) is 29.9 Å². The van der Waals surface area contributed by atoms with Crippen molar-refractivity contribution in [3.05, 3.63) is 59.7 Å². The van der Waals surface area contributed by atoms with E-state index in [2.05, 4.69) is 5.32 Å². The minimum Gasteiger partial charge on any atom is -0.487 e. The lowest BCUT2D eigenvalue weighted by atomic mass is 9.77. The van der Waals surface area contributed by atoms with Gasteiger partial charge in [-0.05, 0) is 49.9 Å². The topological polar surface area (TPSA) is 47.6 Å². The standard InChI is InChI=1S/C23H24F3NO3/c24-23(25,26)16-7-6-8-17(13-16)29-15-21(28)27-19-14-22(11-4-1-5-12-22)30-20-10-3-2-9-18(19)20/h2-3,6-10,13,19H,1,4-5,11-12,14-15H2,(H,27,28)/t19-/m1/s1. The van der Waals surface area contributed by atoms with E-state index in [4.69, 9.17) is 9.47 Å². The zero-order valence-corrected chi connectivity index (χ0v) is 16.5.